The van der Waals surface area contributed by atoms with Gasteiger partial charge in [-0.3, -0.25) is 9.69 Å². The van der Waals surface area contributed by atoms with Crippen molar-refractivity contribution >= 4 is 23.2 Å². The van der Waals surface area contributed by atoms with Crippen molar-refractivity contribution in [1.29, 1.82) is 0 Å². The molecule has 31 heavy (non-hydrogen) atoms. The zero-order chi connectivity index (χ0) is 21.6. The maximum atomic E-state index is 12.3. The molecule has 4 rings (SSSR count). The number of hydrogen-bond donors (Lipinski definition) is 2. The molecule has 160 valence electrons. The third-order valence-corrected chi connectivity index (χ3v) is 5.92. The molecule has 1 aliphatic rings. The van der Waals surface area contributed by atoms with Crippen LogP contribution in [0.25, 0.3) is 11.1 Å². The lowest BCUT2D eigenvalue weighted by Gasteiger charge is -2.15. The SMILES string of the molecule is O=C(CCc1ccc(CN2CCC(O)C2)cc1)Nc1ccc(-c2ccc(Cl)cc2)cc1. The zero-order valence-corrected chi connectivity index (χ0v) is 18.2. The van der Waals surface area contributed by atoms with E-state index < -0.39 is 0 Å². The second-order valence-corrected chi connectivity index (χ2v) is 8.56. The molecule has 1 heterocycles. The van der Waals surface area contributed by atoms with Crippen LogP contribution in [0.2, 0.25) is 5.02 Å². The predicted octanol–water partition coefficient (Wildman–Crippen LogP) is 5.14. The van der Waals surface area contributed by atoms with Crippen LogP contribution in [0, 0.1) is 0 Å². The average molecular weight is 435 g/mol. The first-order chi connectivity index (χ1) is 15.0. The summed E-state index contributed by atoms with van der Waals surface area (Å²) in [5.74, 6) is 0.00868. The van der Waals surface area contributed by atoms with Gasteiger partial charge in [0.2, 0.25) is 5.91 Å². The van der Waals surface area contributed by atoms with Crippen LogP contribution in [0.5, 0.6) is 0 Å². The topological polar surface area (TPSA) is 52.6 Å². The Labute approximate surface area is 188 Å². The van der Waals surface area contributed by atoms with Crippen LogP contribution < -0.4 is 5.32 Å². The van der Waals surface area contributed by atoms with E-state index in [1.807, 2.05) is 48.5 Å². The molecule has 0 aromatic heterocycles. The number of nitrogens with zero attached hydrogens (tertiary/aromatic N) is 1. The standard InChI is InChI=1S/C26H27ClN2O2/c27-23-10-6-21(7-11-23)22-8-12-24(13-9-22)28-26(31)14-5-19-1-3-20(4-2-19)17-29-16-15-25(30)18-29/h1-4,6-13,25,30H,5,14-18H2,(H,28,31). The van der Waals surface area contributed by atoms with Crippen LogP contribution in [0.1, 0.15) is 24.0 Å². The summed E-state index contributed by atoms with van der Waals surface area (Å²) >= 11 is 5.94. The number of aryl methyl sites for hydroxylation is 1. The number of rotatable bonds is 7. The van der Waals surface area contributed by atoms with Gasteiger partial charge in [0.25, 0.3) is 0 Å². The van der Waals surface area contributed by atoms with Gasteiger partial charge in [0.05, 0.1) is 6.10 Å². The molecule has 0 aliphatic carbocycles. The molecule has 3 aromatic rings. The van der Waals surface area contributed by atoms with Gasteiger partial charge in [0.1, 0.15) is 0 Å². The highest BCUT2D eigenvalue weighted by atomic mass is 35.5. The Kier molecular flexibility index (Phi) is 7.03. The number of β-amino-alcohol motifs (C(OH)–C–C–N with tert-alkyl or cyclic N) is 1. The summed E-state index contributed by atoms with van der Waals surface area (Å²) in [6.07, 6.45) is 1.82. The van der Waals surface area contributed by atoms with E-state index >= 15 is 0 Å². The minimum Gasteiger partial charge on any atom is -0.392 e. The molecule has 1 saturated heterocycles. The van der Waals surface area contributed by atoms with E-state index in [0.717, 1.165) is 48.4 Å². The number of likely N-dealkylation sites (tertiary alicyclic amines) is 1. The Morgan fingerprint density at radius 1 is 0.935 bits per heavy atom. The second kappa shape index (κ2) is 10.1. The summed E-state index contributed by atoms with van der Waals surface area (Å²) in [4.78, 5) is 14.6. The fourth-order valence-electron chi connectivity index (χ4n) is 3.90. The molecule has 3 aromatic carbocycles. The van der Waals surface area contributed by atoms with E-state index in [0.29, 0.717) is 17.9 Å². The normalized spacial score (nSPS) is 16.4. The van der Waals surface area contributed by atoms with Crippen LogP contribution in [-0.4, -0.2) is 35.1 Å². The first-order valence-electron chi connectivity index (χ1n) is 10.7. The summed E-state index contributed by atoms with van der Waals surface area (Å²) in [7, 11) is 0. The number of aliphatic hydroxyl groups excluding tert-OH is 1. The van der Waals surface area contributed by atoms with E-state index in [4.69, 9.17) is 11.6 Å². The van der Waals surface area contributed by atoms with Gasteiger partial charge in [-0.05, 0) is 59.4 Å². The Hall–Kier alpha value is -2.66. The molecule has 1 unspecified atom stereocenters. The largest absolute Gasteiger partial charge is 0.392 e. The van der Waals surface area contributed by atoms with E-state index in [2.05, 4.69) is 34.5 Å². The van der Waals surface area contributed by atoms with Crippen LogP contribution in [0.3, 0.4) is 0 Å². The lowest BCUT2D eigenvalue weighted by molar-refractivity contribution is -0.116. The first-order valence-corrected chi connectivity index (χ1v) is 11.1. The molecule has 1 amide bonds. The van der Waals surface area contributed by atoms with Crippen molar-refractivity contribution in [1.82, 2.24) is 4.90 Å². The molecule has 1 aliphatic heterocycles. The fraction of sp³-hybridized carbons (Fsp3) is 0.269. The second-order valence-electron chi connectivity index (χ2n) is 8.13. The predicted molar refractivity (Wildman–Crippen MR) is 126 cm³/mol. The van der Waals surface area contributed by atoms with Crippen LogP contribution in [0.4, 0.5) is 5.69 Å². The highest BCUT2D eigenvalue weighted by Gasteiger charge is 2.19. The lowest BCUT2D eigenvalue weighted by atomic mass is 10.1. The van der Waals surface area contributed by atoms with Crippen LogP contribution in [0.15, 0.2) is 72.8 Å². The van der Waals surface area contributed by atoms with E-state index in [-0.39, 0.29) is 12.0 Å². The Bertz CT molecular complexity index is 1000. The molecule has 0 radical (unpaired) electrons. The zero-order valence-electron chi connectivity index (χ0n) is 17.4. The van der Waals surface area contributed by atoms with Gasteiger partial charge in [-0.1, -0.05) is 60.1 Å². The van der Waals surface area contributed by atoms with Crippen LogP contribution in [-0.2, 0) is 17.8 Å². The highest BCUT2D eigenvalue weighted by molar-refractivity contribution is 6.30. The van der Waals surface area contributed by atoms with Crippen molar-refractivity contribution in [2.75, 3.05) is 18.4 Å². The number of amides is 1. The summed E-state index contributed by atoms with van der Waals surface area (Å²) in [6.45, 7) is 2.57. The Morgan fingerprint density at radius 2 is 1.55 bits per heavy atom. The molecular weight excluding hydrogens is 408 g/mol. The summed E-state index contributed by atoms with van der Waals surface area (Å²) < 4.78 is 0. The minimum absolute atomic E-state index is 0.00868. The monoisotopic (exact) mass is 434 g/mol. The number of nitrogens with one attached hydrogen (secondary N) is 1. The maximum absolute atomic E-state index is 12.3. The van der Waals surface area contributed by atoms with E-state index in [9.17, 15) is 9.90 Å². The first kappa shape index (κ1) is 21.6. The summed E-state index contributed by atoms with van der Waals surface area (Å²) in [5, 5.41) is 13.3. The minimum atomic E-state index is -0.188. The highest BCUT2D eigenvalue weighted by Crippen LogP contribution is 2.23. The fourth-order valence-corrected chi connectivity index (χ4v) is 4.02. The van der Waals surface area contributed by atoms with Crippen LogP contribution >= 0.6 is 11.6 Å². The molecule has 1 fully saturated rings. The van der Waals surface area contributed by atoms with Gasteiger partial charge < -0.3 is 10.4 Å². The number of carbonyl (C=O) groups is 1. The van der Waals surface area contributed by atoms with Crippen molar-refractivity contribution in [3.63, 3.8) is 0 Å². The van der Waals surface area contributed by atoms with Gasteiger partial charge in [-0.25, -0.2) is 0 Å². The van der Waals surface area contributed by atoms with E-state index in [1.54, 1.807) is 0 Å². The molecule has 1 atom stereocenters. The van der Waals surface area contributed by atoms with Crippen molar-refractivity contribution in [2.24, 2.45) is 0 Å². The van der Waals surface area contributed by atoms with Gasteiger partial charge >= 0.3 is 0 Å². The maximum Gasteiger partial charge on any atom is 0.224 e. The molecule has 0 bridgehead atoms. The van der Waals surface area contributed by atoms with Gasteiger partial charge in [0.15, 0.2) is 0 Å². The third-order valence-electron chi connectivity index (χ3n) is 5.66. The Morgan fingerprint density at radius 3 is 2.16 bits per heavy atom. The smallest absolute Gasteiger partial charge is 0.224 e. The Balaban J connectivity index is 1.24. The molecular formula is C26H27ClN2O2. The van der Waals surface area contributed by atoms with Gasteiger partial charge in [-0.15, -0.1) is 0 Å². The summed E-state index contributed by atoms with van der Waals surface area (Å²) in [6, 6.07) is 24.0. The summed E-state index contributed by atoms with van der Waals surface area (Å²) in [5.41, 5.74) is 5.36. The molecule has 2 N–H and O–H groups in total. The van der Waals surface area contributed by atoms with Gasteiger partial charge in [-0.2, -0.15) is 0 Å². The number of aliphatic hydroxyl groups is 1. The average Bonchev–Trinajstić information content (AvgIpc) is 3.19. The molecule has 4 nitrogen and oxygen atoms in total. The van der Waals surface area contributed by atoms with Crippen molar-refractivity contribution < 1.29 is 9.90 Å². The molecule has 5 heteroatoms. The number of hydrogen-bond acceptors (Lipinski definition) is 3. The van der Waals surface area contributed by atoms with E-state index in [1.165, 1.54) is 5.56 Å². The van der Waals surface area contributed by atoms with Crippen molar-refractivity contribution in [3.8, 4) is 11.1 Å². The quantitative estimate of drug-likeness (QED) is 0.541. The lowest BCUT2D eigenvalue weighted by Crippen LogP contribution is -2.21. The number of benzene rings is 3. The number of anilines is 1. The van der Waals surface area contributed by atoms with Crippen molar-refractivity contribution in [2.45, 2.75) is 31.9 Å². The third kappa shape index (κ3) is 6.17. The molecule has 0 saturated carbocycles. The number of carbonyl (C=O) groups excluding carboxylic acids is 1. The van der Waals surface area contributed by atoms with Crippen molar-refractivity contribution in [3.05, 3.63) is 88.9 Å². The van der Waals surface area contributed by atoms with Gasteiger partial charge in [0, 0.05) is 36.8 Å². The molecule has 0 spiro atoms. The number of halogens is 1.